The second-order valence-corrected chi connectivity index (χ2v) is 3.94. The summed E-state index contributed by atoms with van der Waals surface area (Å²) in [7, 11) is 0. The molecular formula is C11H17NO5. The van der Waals surface area contributed by atoms with Gasteiger partial charge in [-0.15, -0.1) is 0 Å². The number of nitrogens with one attached hydrogen (secondary N) is 1. The molecule has 0 aromatic rings. The second-order valence-electron chi connectivity index (χ2n) is 3.94. The lowest BCUT2D eigenvalue weighted by Gasteiger charge is -2.32. The van der Waals surface area contributed by atoms with Gasteiger partial charge < -0.3 is 19.9 Å². The SMILES string of the molecule is C=CCOC(=O)NCC1(C(=O)O)CCOCC1. The summed E-state index contributed by atoms with van der Waals surface area (Å²) in [5, 5.41) is 11.7. The maximum absolute atomic E-state index is 11.2. The quantitative estimate of drug-likeness (QED) is 0.697. The van der Waals surface area contributed by atoms with Gasteiger partial charge in [-0.05, 0) is 12.8 Å². The number of aliphatic carboxylic acids is 1. The van der Waals surface area contributed by atoms with Crippen molar-refractivity contribution in [1.82, 2.24) is 5.32 Å². The molecule has 0 aliphatic carbocycles. The minimum Gasteiger partial charge on any atom is -0.481 e. The smallest absolute Gasteiger partial charge is 0.407 e. The van der Waals surface area contributed by atoms with Gasteiger partial charge in [0, 0.05) is 19.8 Å². The number of alkyl carbamates (subject to hydrolysis) is 1. The minimum atomic E-state index is -0.939. The number of amides is 1. The Labute approximate surface area is 99.6 Å². The number of hydrogen-bond donors (Lipinski definition) is 2. The Morgan fingerprint density at radius 2 is 2.12 bits per heavy atom. The lowest BCUT2D eigenvalue weighted by atomic mass is 9.80. The lowest BCUT2D eigenvalue weighted by Crippen LogP contribution is -2.46. The molecule has 0 spiro atoms. The largest absolute Gasteiger partial charge is 0.481 e. The van der Waals surface area contributed by atoms with E-state index in [4.69, 9.17) is 9.47 Å². The molecule has 2 N–H and O–H groups in total. The van der Waals surface area contributed by atoms with Gasteiger partial charge in [-0.3, -0.25) is 4.79 Å². The molecule has 0 atom stereocenters. The Morgan fingerprint density at radius 1 is 1.47 bits per heavy atom. The third-order valence-corrected chi connectivity index (χ3v) is 2.81. The highest BCUT2D eigenvalue weighted by Gasteiger charge is 2.40. The van der Waals surface area contributed by atoms with Crippen LogP contribution in [0.2, 0.25) is 0 Å². The Kier molecular flexibility index (Phi) is 4.96. The van der Waals surface area contributed by atoms with E-state index in [0.29, 0.717) is 26.1 Å². The van der Waals surface area contributed by atoms with Crippen LogP contribution in [0.15, 0.2) is 12.7 Å². The molecule has 6 nitrogen and oxygen atoms in total. The molecule has 0 unspecified atom stereocenters. The summed E-state index contributed by atoms with van der Waals surface area (Å²) in [6.07, 6.45) is 1.60. The molecule has 1 amide bonds. The van der Waals surface area contributed by atoms with Gasteiger partial charge in [-0.25, -0.2) is 4.79 Å². The zero-order chi connectivity index (χ0) is 12.7. The molecule has 1 heterocycles. The molecule has 1 fully saturated rings. The van der Waals surface area contributed by atoms with E-state index in [-0.39, 0.29) is 13.2 Å². The molecule has 1 rings (SSSR count). The standard InChI is InChI=1S/C11H17NO5/c1-2-5-17-10(15)12-8-11(9(13)14)3-6-16-7-4-11/h2H,1,3-8H2,(H,12,15)(H,13,14). The van der Waals surface area contributed by atoms with Crippen LogP contribution in [0, 0.1) is 5.41 Å². The Bertz CT molecular complexity index is 296. The minimum absolute atomic E-state index is 0.0572. The average molecular weight is 243 g/mol. The maximum Gasteiger partial charge on any atom is 0.407 e. The molecule has 1 aliphatic rings. The molecule has 1 saturated heterocycles. The fraction of sp³-hybridized carbons (Fsp3) is 0.636. The third-order valence-electron chi connectivity index (χ3n) is 2.81. The summed E-state index contributed by atoms with van der Waals surface area (Å²) in [5.74, 6) is -0.912. The number of rotatable bonds is 5. The van der Waals surface area contributed by atoms with Crippen LogP contribution in [0.1, 0.15) is 12.8 Å². The van der Waals surface area contributed by atoms with E-state index in [2.05, 4.69) is 11.9 Å². The van der Waals surface area contributed by atoms with Crippen molar-refractivity contribution >= 4 is 12.1 Å². The van der Waals surface area contributed by atoms with E-state index in [9.17, 15) is 14.7 Å². The van der Waals surface area contributed by atoms with Crippen LogP contribution in [0.4, 0.5) is 4.79 Å². The summed E-state index contributed by atoms with van der Waals surface area (Å²) in [6, 6.07) is 0. The molecule has 0 aromatic heterocycles. The van der Waals surface area contributed by atoms with Crippen LogP contribution in [0.5, 0.6) is 0 Å². The molecule has 17 heavy (non-hydrogen) atoms. The summed E-state index contributed by atoms with van der Waals surface area (Å²) < 4.78 is 9.84. The van der Waals surface area contributed by atoms with Crippen molar-refractivity contribution < 1.29 is 24.2 Å². The first-order valence-corrected chi connectivity index (χ1v) is 5.43. The normalized spacial score (nSPS) is 18.1. The highest BCUT2D eigenvalue weighted by atomic mass is 16.5. The number of ether oxygens (including phenoxy) is 2. The molecular weight excluding hydrogens is 226 g/mol. The van der Waals surface area contributed by atoms with Gasteiger partial charge in [0.1, 0.15) is 6.61 Å². The van der Waals surface area contributed by atoms with Gasteiger partial charge in [0.05, 0.1) is 5.41 Å². The van der Waals surface area contributed by atoms with Crippen LogP contribution < -0.4 is 5.32 Å². The summed E-state index contributed by atoms with van der Waals surface area (Å²) >= 11 is 0. The van der Waals surface area contributed by atoms with Crippen molar-refractivity contribution in [3.8, 4) is 0 Å². The first-order valence-electron chi connectivity index (χ1n) is 5.43. The van der Waals surface area contributed by atoms with E-state index < -0.39 is 17.5 Å². The topological polar surface area (TPSA) is 84.9 Å². The average Bonchev–Trinajstić information content (AvgIpc) is 2.34. The molecule has 0 radical (unpaired) electrons. The monoisotopic (exact) mass is 243 g/mol. The number of hydrogen-bond acceptors (Lipinski definition) is 4. The fourth-order valence-corrected chi connectivity index (χ4v) is 1.66. The molecule has 0 saturated carbocycles. The van der Waals surface area contributed by atoms with Crippen molar-refractivity contribution in [3.63, 3.8) is 0 Å². The van der Waals surface area contributed by atoms with Gasteiger partial charge >= 0.3 is 12.1 Å². The number of carbonyl (C=O) groups excluding carboxylic acids is 1. The van der Waals surface area contributed by atoms with Gasteiger partial charge in [0.25, 0.3) is 0 Å². The highest BCUT2D eigenvalue weighted by Crippen LogP contribution is 2.30. The Morgan fingerprint density at radius 3 is 2.65 bits per heavy atom. The van der Waals surface area contributed by atoms with Crippen molar-refractivity contribution in [2.75, 3.05) is 26.4 Å². The summed E-state index contributed by atoms with van der Waals surface area (Å²) in [6.45, 7) is 4.37. The maximum atomic E-state index is 11.2. The van der Waals surface area contributed by atoms with Crippen molar-refractivity contribution in [3.05, 3.63) is 12.7 Å². The highest BCUT2D eigenvalue weighted by molar-refractivity contribution is 5.76. The molecule has 1 aliphatic heterocycles. The Balaban J connectivity index is 2.47. The second kappa shape index (κ2) is 6.24. The van der Waals surface area contributed by atoms with E-state index in [0.717, 1.165) is 0 Å². The lowest BCUT2D eigenvalue weighted by molar-refractivity contribution is -0.154. The fourth-order valence-electron chi connectivity index (χ4n) is 1.66. The van der Waals surface area contributed by atoms with Crippen molar-refractivity contribution in [2.24, 2.45) is 5.41 Å². The predicted molar refractivity (Wildman–Crippen MR) is 59.7 cm³/mol. The molecule has 0 bridgehead atoms. The zero-order valence-corrected chi connectivity index (χ0v) is 9.61. The van der Waals surface area contributed by atoms with E-state index in [1.165, 1.54) is 6.08 Å². The van der Waals surface area contributed by atoms with Crippen LogP contribution in [-0.4, -0.2) is 43.5 Å². The predicted octanol–water partition coefficient (Wildman–Crippen LogP) is 0.780. The molecule has 0 aromatic carbocycles. The first-order chi connectivity index (χ1) is 8.10. The van der Waals surface area contributed by atoms with E-state index >= 15 is 0 Å². The first kappa shape index (κ1) is 13.5. The van der Waals surface area contributed by atoms with Crippen molar-refractivity contribution in [2.45, 2.75) is 12.8 Å². The Hall–Kier alpha value is -1.56. The van der Waals surface area contributed by atoms with E-state index in [1.54, 1.807) is 0 Å². The van der Waals surface area contributed by atoms with Crippen LogP contribution >= 0.6 is 0 Å². The van der Waals surface area contributed by atoms with Crippen LogP contribution in [0.3, 0.4) is 0 Å². The third kappa shape index (κ3) is 3.74. The molecule has 96 valence electrons. The summed E-state index contributed by atoms with van der Waals surface area (Å²) in [4.78, 5) is 22.4. The number of carboxylic acid groups (broad SMARTS) is 1. The number of carboxylic acids is 1. The van der Waals surface area contributed by atoms with Gasteiger partial charge in [-0.1, -0.05) is 12.7 Å². The summed E-state index contributed by atoms with van der Waals surface area (Å²) in [5.41, 5.74) is -0.939. The van der Waals surface area contributed by atoms with E-state index in [1.807, 2.05) is 0 Å². The van der Waals surface area contributed by atoms with Crippen molar-refractivity contribution in [1.29, 1.82) is 0 Å². The van der Waals surface area contributed by atoms with Crippen LogP contribution in [-0.2, 0) is 14.3 Å². The van der Waals surface area contributed by atoms with Crippen LogP contribution in [0.25, 0.3) is 0 Å². The zero-order valence-electron chi connectivity index (χ0n) is 9.61. The molecule has 6 heteroatoms. The number of carbonyl (C=O) groups is 2. The van der Waals surface area contributed by atoms with Gasteiger partial charge in [-0.2, -0.15) is 0 Å². The van der Waals surface area contributed by atoms with Gasteiger partial charge in [0.15, 0.2) is 0 Å². The van der Waals surface area contributed by atoms with Gasteiger partial charge in [0.2, 0.25) is 0 Å².